The lowest BCUT2D eigenvalue weighted by atomic mass is 10.1. The maximum absolute atomic E-state index is 10.1. The second kappa shape index (κ2) is 4.38. The zero-order valence-electron chi connectivity index (χ0n) is 8.01. The van der Waals surface area contributed by atoms with E-state index in [1.165, 1.54) is 11.3 Å². The van der Waals surface area contributed by atoms with Crippen molar-refractivity contribution in [3.05, 3.63) is 44.6 Å². The molecule has 0 amide bonds. The zero-order chi connectivity index (χ0) is 10.8. The van der Waals surface area contributed by atoms with Crippen molar-refractivity contribution < 1.29 is 5.11 Å². The Morgan fingerprint density at radius 1 is 1.40 bits per heavy atom. The molecule has 2 rings (SSSR count). The molecule has 3 nitrogen and oxygen atoms in total. The van der Waals surface area contributed by atoms with Crippen LogP contribution in [0.25, 0.3) is 0 Å². The van der Waals surface area contributed by atoms with E-state index in [1.54, 1.807) is 11.7 Å². The summed E-state index contributed by atoms with van der Waals surface area (Å²) in [5.41, 5.74) is 3.42. The molecule has 0 saturated heterocycles. The summed E-state index contributed by atoms with van der Waals surface area (Å²) < 4.78 is 0.695. The van der Waals surface area contributed by atoms with Gasteiger partial charge in [-0.05, 0) is 28.9 Å². The molecule has 5 heteroatoms. The molecular weight excluding hydrogens is 276 g/mol. The van der Waals surface area contributed by atoms with E-state index in [9.17, 15) is 5.11 Å². The second-order valence-electron chi connectivity index (χ2n) is 3.14. The van der Waals surface area contributed by atoms with Crippen molar-refractivity contribution in [1.29, 1.82) is 0 Å². The minimum atomic E-state index is -0.653. The van der Waals surface area contributed by atoms with Crippen LogP contribution in [0.5, 0.6) is 0 Å². The standard InChI is InChI=1S/C10H9BrN2OS/c1-6-2-3-7(4-12-6)8(14)9-10(11)13-5-15-9/h2-5,8,14H,1H3. The molecule has 2 heterocycles. The average molecular weight is 285 g/mol. The molecule has 2 aromatic heterocycles. The van der Waals surface area contributed by atoms with E-state index in [0.717, 1.165) is 16.1 Å². The van der Waals surface area contributed by atoms with Crippen LogP contribution in [0.1, 0.15) is 22.2 Å². The molecule has 2 aromatic rings. The summed E-state index contributed by atoms with van der Waals surface area (Å²) in [5, 5.41) is 10.1. The smallest absolute Gasteiger partial charge is 0.123 e. The van der Waals surface area contributed by atoms with Crippen LogP contribution >= 0.6 is 27.3 Å². The number of aromatic nitrogens is 2. The van der Waals surface area contributed by atoms with Crippen LogP contribution in [0.15, 0.2) is 28.4 Å². The number of halogens is 1. The molecule has 0 aliphatic rings. The van der Waals surface area contributed by atoms with Crippen molar-refractivity contribution in [3.8, 4) is 0 Å². The number of nitrogens with zero attached hydrogens (tertiary/aromatic N) is 2. The predicted octanol–water partition coefficient (Wildman–Crippen LogP) is 2.69. The molecule has 0 spiro atoms. The number of aliphatic hydroxyl groups is 1. The lowest BCUT2D eigenvalue weighted by Crippen LogP contribution is -1.99. The molecule has 15 heavy (non-hydrogen) atoms. The fourth-order valence-electron chi connectivity index (χ4n) is 1.21. The summed E-state index contributed by atoms with van der Waals surface area (Å²) in [6.45, 7) is 1.92. The normalized spacial score (nSPS) is 12.7. The van der Waals surface area contributed by atoms with Gasteiger partial charge < -0.3 is 5.11 Å². The highest BCUT2D eigenvalue weighted by Crippen LogP contribution is 2.30. The summed E-state index contributed by atoms with van der Waals surface area (Å²) in [6.07, 6.45) is 1.03. The van der Waals surface area contributed by atoms with Crippen LogP contribution in [-0.2, 0) is 0 Å². The molecule has 0 saturated carbocycles. The molecule has 0 bridgehead atoms. The van der Waals surface area contributed by atoms with Crippen LogP contribution < -0.4 is 0 Å². The Kier molecular flexibility index (Phi) is 3.14. The lowest BCUT2D eigenvalue weighted by Gasteiger charge is -2.08. The first-order valence-electron chi connectivity index (χ1n) is 4.38. The van der Waals surface area contributed by atoms with Crippen LogP contribution in [-0.4, -0.2) is 15.1 Å². The Morgan fingerprint density at radius 3 is 2.73 bits per heavy atom. The Labute approximate surface area is 100.0 Å². The SMILES string of the molecule is Cc1ccc(C(O)c2scnc2Br)cn1. The maximum atomic E-state index is 10.1. The summed E-state index contributed by atoms with van der Waals surface area (Å²) in [5.74, 6) is 0. The van der Waals surface area contributed by atoms with Crippen LogP contribution in [0.2, 0.25) is 0 Å². The van der Waals surface area contributed by atoms with Gasteiger partial charge in [0, 0.05) is 17.5 Å². The number of rotatable bonds is 2. The first-order valence-corrected chi connectivity index (χ1v) is 6.05. The van der Waals surface area contributed by atoms with Crippen molar-refractivity contribution in [1.82, 2.24) is 9.97 Å². The van der Waals surface area contributed by atoms with Crippen molar-refractivity contribution in [2.75, 3.05) is 0 Å². The van der Waals surface area contributed by atoms with E-state index in [2.05, 4.69) is 25.9 Å². The minimum Gasteiger partial charge on any atom is -0.383 e. The number of aryl methyl sites for hydroxylation is 1. The van der Waals surface area contributed by atoms with E-state index in [0.29, 0.717) is 4.60 Å². The molecule has 0 radical (unpaired) electrons. The fraction of sp³-hybridized carbons (Fsp3) is 0.200. The van der Waals surface area contributed by atoms with Gasteiger partial charge in [-0.1, -0.05) is 6.07 Å². The number of hydrogen-bond donors (Lipinski definition) is 1. The van der Waals surface area contributed by atoms with Gasteiger partial charge in [-0.15, -0.1) is 11.3 Å². The molecule has 0 aliphatic heterocycles. The molecule has 1 unspecified atom stereocenters. The quantitative estimate of drug-likeness (QED) is 0.922. The third-order valence-corrected chi connectivity index (χ3v) is 3.82. The number of pyridine rings is 1. The van der Waals surface area contributed by atoms with Crippen LogP contribution in [0.4, 0.5) is 0 Å². The summed E-state index contributed by atoms with van der Waals surface area (Å²) >= 11 is 4.72. The van der Waals surface area contributed by atoms with Gasteiger partial charge in [-0.2, -0.15) is 0 Å². The molecule has 0 fully saturated rings. The van der Waals surface area contributed by atoms with Crippen LogP contribution in [0.3, 0.4) is 0 Å². The van der Waals surface area contributed by atoms with E-state index in [4.69, 9.17) is 0 Å². The van der Waals surface area contributed by atoms with Crippen LogP contribution in [0, 0.1) is 6.92 Å². The van der Waals surface area contributed by atoms with Gasteiger partial charge in [0.05, 0.1) is 10.4 Å². The Hall–Kier alpha value is -0.780. The van der Waals surface area contributed by atoms with Gasteiger partial charge in [0.1, 0.15) is 10.7 Å². The van der Waals surface area contributed by atoms with E-state index >= 15 is 0 Å². The van der Waals surface area contributed by atoms with Crippen molar-refractivity contribution in [2.24, 2.45) is 0 Å². The van der Waals surface area contributed by atoms with Gasteiger partial charge in [-0.25, -0.2) is 4.98 Å². The second-order valence-corrected chi connectivity index (χ2v) is 4.78. The largest absolute Gasteiger partial charge is 0.383 e. The first-order chi connectivity index (χ1) is 7.18. The predicted molar refractivity (Wildman–Crippen MR) is 62.8 cm³/mol. The fourth-order valence-corrected chi connectivity index (χ4v) is 2.63. The van der Waals surface area contributed by atoms with Crippen molar-refractivity contribution in [2.45, 2.75) is 13.0 Å². The zero-order valence-corrected chi connectivity index (χ0v) is 10.4. The van der Waals surface area contributed by atoms with Gasteiger partial charge in [0.25, 0.3) is 0 Å². The van der Waals surface area contributed by atoms with E-state index < -0.39 is 6.10 Å². The highest BCUT2D eigenvalue weighted by atomic mass is 79.9. The third-order valence-electron chi connectivity index (χ3n) is 2.05. The minimum absolute atomic E-state index is 0.653. The van der Waals surface area contributed by atoms with Gasteiger partial charge in [0.15, 0.2) is 0 Å². The van der Waals surface area contributed by atoms with Crippen molar-refractivity contribution >= 4 is 27.3 Å². The Morgan fingerprint density at radius 2 is 2.20 bits per heavy atom. The number of thiazole rings is 1. The Balaban J connectivity index is 2.32. The van der Waals surface area contributed by atoms with Gasteiger partial charge >= 0.3 is 0 Å². The first kappa shape index (κ1) is 10.7. The molecule has 78 valence electrons. The summed E-state index contributed by atoms with van der Waals surface area (Å²) in [6, 6.07) is 3.76. The lowest BCUT2D eigenvalue weighted by molar-refractivity contribution is 0.222. The molecule has 1 N–H and O–H groups in total. The third kappa shape index (κ3) is 2.25. The highest BCUT2D eigenvalue weighted by molar-refractivity contribution is 9.10. The maximum Gasteiger partial charge on any atom is 0.123 e. The highest BCUT2D eigenvalue weighted by Gasteiger charge is 2.16. The van der Waals surface area contributed by atoms with E-state index in [-0.39, 0.29) is 0 Å². The van der Waals surface area contributed by atoms with Gasteiger partial charge in [0.2, 0.25) is 0 Å². The van der Waals surface area contributed by atoms with Gasteiger partial charge in [-0.3, -0.25) is 4.98 Å². The average Bonchev–Trinajstić information content (AvgIpc) is 2.65. The topological polar surface area (TPSA) is 46.0 Å². The monoisotopic (exact) mass is 284 g/mol. The summed E-state index contributed by atoms with van der Waals surface area (Å²) in [7, 11) is 0. The summed E-state index contributed by atoms with van der Waals surface area (Å²) in [4.78, 5) is 8.99. The number of aliphatic hydroxyl groups excluding tert-OH is 1. The van der Waals surface area contributed by atoms with Crippen molar-refractivity contribution in [3.63, 3.8) is 0 Å². The van der Waals surface area contributed by atoms with E-state index in [1.807, 2.05) is 19.1 Å². The molecular formula is C10H9BrN2OS. The molecule has 0 aromatic carbocycles. The molecule has 0 aliphatic carbocycles. The number of hydrogen-bond acceptors (Lipinski definition) is 4. The Bertz CT molecular complexity index is 455. The molecule has 1 atom stereocenters.